The minimum Gasteiger partial charge on any atom is -0.489 e. The fraction of sp³-hybridized carbons (Fsp3) is 0.286. The lowest BCUT2D eigenvalue weighted by Gasteiger charge is -2.27. The molecule has 2 heterocycles. The minimum absolute atomic E-state index is 0.259. The lowest BCUT2D eigenvalue weighted by molar-refractivity contribution is 0.0748. The van der Waals surface area contributed by atoms with Crippen molar-refractivity contribution in [3.05, 3.63) is 102 Å². The third-order valence-electron chi connectivity index (χ3n) is 6.44. The first-order valence-corrected chi connectivity index (χ1v) is 11.7. The summed E-state index contributed by atoms with van der Waals surface area (Å²) in [6, 6.07) is 26.8. The Morgan fingerprint density at radius 1 is 0.912 bits per heavy atom. The molecule has 2 aliphatic rings. The van der Waals surface area contributed by atoms with Crippen LogP contribution in [0.3, 0.4) is 0 Å². The zero-order valence-electron chi connectivity index (χ0n) is 19.0. The van der Waals surface area contributed by atoms with Crippen LogP contribution in [-0.4, -0.2) is 47.0 Å². The minimum atomic E-state index is -0.550. The summed E-state index contributed by atoms with van der Waals surface area (Å²) in [5.74, 6) is 0.347. The Hall–Kier alpha value is -3.64. The molecule has 0 aromatic heterocycles. The molecular weight excluding hydrogens is 428 g/mol. The van der Waals surface area contributed by atoms with Gasteiger partial charge in [0, 0.05) is 18.7 Å². The summed E-state index contributed by atoms with van der Waals surface area (Å²) < 4.78 is 11.4. The first-order chi connectivity index (χ1) is 16.7. The van der Waals surface area contributed by atoms with E-state index < -0.39 is 6.09 Å². The van der Waals surface area contributed by atoms with Crippen LogP contribution >= 0.6 is 0 Å². The van der Waals surface area contributed by atoms with Crippen LogP contribution in [0.4, 0.5) is 4.79 Å². The summed E-state index contributed by atoms with van der Waals surface area (Å²) in [6.45, 7) is 2.76. The van der Waals surface area contributed by atoms with Crippen LogP contribution in [-0.2, 0) is 17.9 Å². The van der Waals surface area contributed by atoms with Gasteiger partial charge in [-0.1, -0.05) is 60.7 Å². The quantitative estimate of drug-likeness (QED) is 0.529. The summed E-state index contributed by atoms with van der Waals surface area (Å²) in [5.41, 5.74) is 2.74. The molecule has 2 aliphatic heterocycles. The predicted molar refractivity (Wildman–Crippen MR) is 128 cm³/mol. The van der Waals surface area contributed by atoms with Gasteiger partial charge < -0.3 is 9.47 Å². The molecule has 5 rings (SSSR count). The standard InChI is InChI=1S/C28H28N2O4/c31-27(23-13-15-24(16-14-23)33-20-22-10-5-2-6-11-22)30-25-19-29(18-21-8-3-1-4-9-21)17-7-12-26(25)34-28(30)32/h1-6,8-11,13-16,25-26H,7,12,17-20H2/t25-,26-/m1/s1. The van der Waals surface area contributed by atoms with Gasteiger partial charge in [-0.3, -0.25) is 9.69 Å². The van der Waals surface area contributed by atoms with Crippen LogP contribution in [0, 0.1) is 0 Å². The molecule has 0 bridgehead atoms. The molecule has 0 saturated carbocycles. The second kappa shape index (κ2) is 10.1. The van der Waals surface area contributed by atoms with E-state index in [2.05, 4.69) is 17.0 Å². The third-order valence-corrected chi connectivity index (χ3v) is 6.44. The maximum atomic E-state index is 13.3. The van der Waals surface area contributed by atoms with Crippen LogP contribution in [0.1, 0.15) is 34.3 Å². The van der Waals surface area contributed by atoms with E-state index in [9.17, 15) is 9.59 Å². The van der Waals surface area contributed by atoms with Gasteiger partial charge in [0.05, 0.1) is 6.04 Å². The Morgan fingerprint density at radius 3 is 2.29 bits per heavy atom. The number of carbonyl (C=O) groups excluding carboxylic acids is 2. The lowest BCUT2D eigenvalue weighted by atomic mass is 10.1. The molecule has 34 heavy (non-hydrogen) atoms. The average Bonchev–Trinajstić information content (AvgIpc) is 3.05. The SMILES string of the molecule is O=C1O[C@@H]2CCCN(Cc3ccccc3)C[C@H]2N1C(=O)c1ccc(OCc2ccccc2)cc1. The third kappa shape index (κ3) is 4.97. The van der Waals surface area contributed by atoms with Gasteiger partial charge in [0.25, 0.3) is 5.91 Å². The molecule has 0 unspecified atom stereocenters. The van der Waals surface area contributed by atoms with Crippen molar-refractivity contribution in [1.82, 2.24) is 9.80 Å². The monoisotopic (exact) mass is 456 g/mol. The maximum absolute atomic E-state index is 13.3. The summed E-state index contributed by atoms with van der Waals surface area (Å²) in [6.07, 6.45) is 0.880. The zero-order chi connectivity index (χ0) is 23.3. The van der Waals surface area contributed by atoms with Crippen molar-refractivity contribution in [2.24, 2.45) is 0 Å². The fourth-order valence-electron chi connectivity index (χ4n) is 4.68. The van der Waals surface area contributed by atoms with Crippen molar-refractivity contribution in [3.63, 3.8) is 0 Å². The zero-order valence-corrected chi connectivity index (χ0v) is 19.0. The second-order valence-corrected chi connectivity index (χ2v) is 8.83. The number of carbonyl (C=O) groups is 2. The molecule has 2 saturated heterocycles. The Morgan fingerprint density at radius 2 is 1.59 bits per heavy atom. The molecule has 0 N–H and O–H groups in total. The number of amides is 2. The van der Waals surface area contributed by atoms with Gasteiger partial charge in [-0.25, -0.2) is 9.69 Å². The maximum Gasteiger partial charge on any atom is 0.417 e. The highest BCUT2D eigenvalue weighted by Crippen LogP contribution is 2.29. The van der Waals surface area contributed by atoms with Crippen molar-refractivity contribution in [1.29, 1.82) is 0 Å². The van der Waals surface area contributed by atoms with Gasteiger partial charge in [0.1, 0.15) is 18.5 Å². The van der Waals surface area contributed by atoms with E-state index in [4.69, 9.17) is 9.47 Å². The number of hydrogen-bond donors (Lipinski definition) is 0. The first kappa shape index (κ1) is 22.2. The Kier molecular flexibility index (Phi) is 6.58. The van der Waals surface area contributed by atoms with Crippen LogP contribution in [0.15, 0.2) is 84.9 Å². The average molecular weight is 457 g/mol. The van der Waals surface area contributed by atoms with Crippen LogP contribution in [0.5, 0.6) is 5.75 Å². The van der Waals surface area contributed by atoms with Gasteiger partial charge in [-0.15, -0.1) is 0 Å². The molecule has 6 heteroatoms. The molecule has 0 radical (unpaired) electrons. The van der Waals surface area contributed by atoms with Crippen molar-refractivity contribution >= 4 is 12.0 Å². The largest absolute Gasteiger partial charge is 0.489 e. The highest BCUT2D eigenvalue weighted by Gasteiger charge is 2.46. The van der Waals surface area contributed by atoms with Crippen molar-refractivity contribution in [2.45, 2.75) is 38.1 Å². The Labute approximate surface area is 199 Å². The number of likely N-dealkylation sites (tertiary alicyclic amines) is 1. The number of benzene rings is 3. The normalized spacial score (nSPS) is 20.4. The van der Waals surface area contributed by atoms with Crippen LogP contribution in [0.25, 0.3) is 0 Å². The number of rotatable bonds is 6. The number of nitrogens with zero attached hydrogens (tertiary/aromatic N) is 2. The molecule has 2 atom stereocenters. The first-order valence-electron chi connectivity index (χ1n) is 11.7. The highest BCUT2D eigenvalue weighted by atomic mass is 16.6. The van der Waals surface area contributed by atoms with Crippen molar-refractivity contribution in [2.75, 3.05) is 13.1 Å². The number of ether oxygens (including phenoxy) is 2. The number of imide groups is 1. The van der Waals surface area contributed by atoms with E-state index in [0.29, 0.717) is 24.5 Å². The molecular formula is C28H28N2O4. The smallest absolute Gasteiger partial charge is 0.417 e. The fourth-order valence-corrected chi connectivity index (χ4v) is 4.68. The molecule has 0 spiro atoms. The molecule has 174 valence electrons. The predicted octanol–water partition coefficient (Wildman–Crippen LogP) is 4.89. The number of hydrogen-bond acceptors (Lipinski definition) is 5. The molecule has 3 aromatic rings. The lowest BCUT2D eigenvalue weighted by Crippen LogP contribution is -2.46. The summed E-state index contributed by atoms with van der Waals surface area (Å²) in [4.78, 5) is 29.7. The highest BCUT2D eigenvalue weighted by molar-refractivity contribution is 6.04. The van der Waals surface area contributed by atoms with E-state index in [1.807, 2.05) is 48.5 Å². The molecule has 3 aromatic carbocycles. The van der Waals surface area contributed by atoms with Gasteiger partial charge in [-0.05, 0) is 54.8 Å². The van der Waals surface area contributed by atoms with E-state index in [-0.39, 0.29) is 18.1 Å². The summed E-state index contributed by atoms with van der Waals surface area (Å²) >= 11 is 0. The van der Waals surface area contributed by atoms with E-state index in [0.717, 1.165) is 31.5 Å². The molecule has 0 aliphatic carbocycles. The Bertz CT molecular complexity index is 1120. The topological polar surface area (TPSA) is 59.1 Å². The van der Waals surface area contributed by atoms with Crippen LogP contribution in [0.2, 0.25) is 0 Å². The van der Waals surface area contributed by atoms with E-state index in [1.54, 1.807) is 24.3 Å². The molecule has 6 nitrogen and oxygen atoms in total. The van der Waals surface area contributed by atoms with Crippen molar-refractivity contribution in [3.8, 4) is 5.75 Å². The van der Waals surface area contributed by atoms with Gasteiger partial charge in [-0.2, -0.15) is 0 Å². The summed E-state index contributed by atoms with van der Waals surface area (Å²) in [7, 11) is 0. The number of fused-ring (bicyclic) bond motifs is 1. The summed E-state index contributed by atoms with van der Waals surface area (Å²) in [5, 5.41) is 0. The van der Waals surface area contributed by atoms with Gasteiger partial charge in [0.2, 0.25) is 0 Å². The van der Waals surface area contributed by atoms with Gasteiger partial charge in [0.15, 0.2) is 0 Å². The van der Waals surface area contributed by atoms with Crippen molar-refractivity contribution < 1.29 is 19.1 Å². The Balaban J connectivity index is 1.27. The van der Waals surface area contributed by atoms with Gasteiger partial charge >= 0.3 is 6.09 Å². The molecule has 2 fully saturated rings. The van der Waals surface area contributed by atoms with Crippen LogP contribution < -0.4 is 4.74 Å². The molecule has 2 amide bonds. The van der Waals surface area contributed by atoms with E-state index in [1.165, 1.54) is 10.5 Å². The second-order valence-electron chi connectivity index (χ2n) is 8.83. The van der Waals surface area contributed by atoms with E-state index >= 15 is 0 Å².